The van der Waals surface area contributed by atoms with Gasteiger partial charge in [-0.2, -0.15) is 0 Å². The molecule has 2 aliphatic rings. The smallest absolute Gasteiger partial charge is 0.160 e. The molecular weight excluding hydrogens is 657 g/mol. The van der Waals surface area contributed by atoms with Crippen molar-refractivity contribution in [3.05, 3.63) is 192 Å². The van der Waals surface area contributed by atoms with Crippen LogP contribution >= 0.6 is 0 Å². The summed E-state index contributed by atoms with van der Waals surface area (Å²) in [7, 11) is 0. The Morgan fingerprint density at radius 3 is 1.78 bits per heavy atom. The first kappa shape index (κ1) is 31.9. The lowest BCUT2D eigenvalue weighted by atomic mass is 9.81. The summed E-state index contributed by atoms with van der Waals surface area (Å²) in [5.41, 5.74) is 16.2. The molecule has 0 saturated carbocycles. The van der Waals surface area contributed by atoms with Crippen LogP contribution in [0.2, 0.25) is 0 Å². The molecule has 2 heterocycles. The average molecular weight is 693 g/mol. The van der Waals surface area contributed by atoms with Gasteiger partial charge in [0.15, 0.2) is 5.82 Å². The Balaban J connectivity index is 1.24. The Morgan fingerprint density at radius 2 is 1.00 bits per heavy atom. The molecule has 0 bridgehead atoms. The molecule has 0 unspecified atom stereocenters. The Morgan fingerprint density at radius 1 is 0.389 bits per heavy atom. The van der Waals surface area contributed by atoms with E-state index in [1.165, 1.54) is 22.3 Å². The summed E-state index contributed by atoms with van der Waals surface area (Å²) in [5, 5.41) is 0. The SMILES string of the molecule is CC1(C)c2ccccc2-c2cc3c(cc21)Oc1ccccc1-c1ccccc1/C=C\c1ccc(-c2cc(-c4ccccc4)nc(-c4ccccc4)n2)cc1-3. The van der Waals surface area contributed by atoms with Gasteiger partial charge in [-0.1, -0.05) is 166 Å². The Labute approximate surface area is 316 Å². The minimum atomic E-state index is -0.185. The number of benzene rings is 7. The lowest BCUT2D eigenvalue weighted by Gasteiger charge is -2.23. The molecular formula is C51H36N2O. The fraction of sp³-hybridized carbons (Fsp3) is 0.0588. The van der Waals surface area contributed by atoms with Crippen LogP contribution in [-0.2, 0) is 5.41 Å². The van der Waals surface area contributed by atoms with E-state index in [0.29, 0.717) is 5.82 Å². The molecule has 256 valence electrons. The molecule has 7 aromatic carbocycles. The van der Waals surface area contributed by atoms with Crippen molar-refractivity contribution in [1.82, 2.24) is 9.97 Å². The van der Waals surface area contributed by atoms with E-state index in [1.54, 1.807) is 0 Å². The quantitative estimate of drug-likeness (QED) is 0.185. The predicted molar refractivity (Wildman–Crippen MR) is 222 cm³/mol. The number of ether oxygens (including phenoxy) is 1. The first-order chi connectivity index (χ1) is 26.5. The molecule has 0 radical (unpaired) electrons. The summed E-state index contributed by atoms with van der Waals surface area (Å²) < 4.78 is 7.15. The minimum Gasteiger partial charge on any atom is -0.456 e. The van der Waals surface area contributed by atoms with Crippen molar-refractivity contribution in [2.24, 2.45) is 0 Å². The standard InChI is InChI=1S/C51H36N2O/c1-51(2)44-23-13-11-21-39(44)42-30-43-41-29-37(47-32-46(35-16-5-3-6-17-35)52-50(53-47)36-18-7-4-8-19-36)28-27-34(41)26-25-33-15-9-10-20-38(33)40-22-12-14-24-48(40)54-49(43)31-45(42)51/h3-32H,1-2H3/b26-25-. The topological polar surface area (TPSA) is 35.0 Å². The van der Waals surface area contributed by atoms with E-state index >= 15 is 0 Å². The van der Waals surface area contributed by atoms with Crippen LogP contribution in [0.4, 0.5) is 0 Å². The molecule has 0 atom stereocenters. The van der Waals surface area contributed by atoms with Gasteiger partial charge in [-0.3, -0.25) is 0 Å². The Kier molecular flexibility index (Phi) is 7.48. The van der Waals surface area contributed by atoms with E-state index in [-0.39, 0.29) is 5.41 Å². The highest BCUT2D eigenvalue weighted by molar-refractivity contribution is 5.94. The second kappa shape index (κ2) is 12.7. The van der Waals surface area contributed by atoms with Gasteiger partial charge >= 0.3 is 0 Å². The summed E-state index contributed by atoms with van der Waals surface area (Å²) in [6, 6.07) is 59.7. The zero-order valence-corrected chi connectivity index (χ0v) is 30.1. The molecule has 0 amide bonds. The highest BCUT2D eigenvalue weighted by Crippen LogP contribution is 2.53. The number of hydrogen-bond donors (Lipinski definition) is 0. The third-order valence-electron chi connectivity index (χ3n) is 11.0. The maximum Gasteiger partial charge on any atom is 0.160 e. The van der Waals surface area contributed by atoms with Gasteiger partial charge < -0.3 is 4.74 Å². The second-order valence-electron chi connectivity index (χ2n) is 14.6. The van der Waals surface area contributed by atoms with Crippen molar-refractivity contribution in [3.8, 4) is 78.8 Å². The summed E-state index contributed by atoms with van der Waals surface area (Å²) in [5.74, 6) is 2.34. The fourth-order valence-corrected chi connectivity index (χ4v) is 8.15. The predicted octanol–water partition coefficient (Wildman–Crippen LogP) is 13.4. The van der Waals surface area contributed by atoms with Crippen molar-refractivity contribution in [2.75, 3.05) is 0 Å². The number of hydrogen-bond acceptors (Lipinski definition) is 3. The van der Waals surface area contributed by atoms with Crippen LogP contribution in [0.25, 0.3) is 79.4 Å². The molecule has 1 aromatic heterocycles. The van der Waals surface area contributed by atoms with Gasteiger partial charge in [0.05, 0.1) is 11.4 Å². The highest BCUT2D eigenvalue weighted by Gasteiger charge is 2.37. The summed E-state index contributed by atoms with van der Waals surface area (Å²) >= 11 is 0. The number of para-hydroxylation sites is 1. The van der Waals surface area contributed by atoms with Crippen molar-refractivity contribution in [1.29, 1.82) is 0 Å². The molecule has 0 saturated heterocycles. The van der Waals surface area contributed by atoms with Crippen LogP contribution in [0.3, 0.4) is 0 Å². The van der Waals surface area contributed by atoms with Crippen LogP contribution in [0.1, 0.15) is 36.1 Å². The van der Waals surface area contributed by atoms with Crippen molar-refractivity contribution in [2.45, 2.75) is 19.3 Å². The molecule has 1 aliphatic heterocycles. The molecule has 1 aliphatic carbocycles. The van der Waals surface area contributed by atoms with Gasteiger partial charge in [-0.25, -0.2) is 9.97 Å². The van der Waals surface area contributed by atoms with Crippen molar-refractivity contribution in [3.63, 3.8) is 0 Å². The van der Waals surface area contributed by atoms with E-state index < -0.39 is 0 Å². The lowest BCUT2D eigenvalue weighted by Crippen LogP contribution is -2.15. The normalized spacial score (nSPS) is 13.8. The second-order valence-corrected chi connectivity index (χ2v) is 14.6. The fourth-order valence-electron chi connectivity index (χ4n) is 8.15. The minimum absolute atomic E-state index is 0.185. The van der Waals surface area contributed by atoms with Crippen LogP contribution in [0.5, 0.6) is 11.5 Å². The summed E-state index contributed by atoms with van der Waals surface area (Å²) in [6.07, 6.45) is 4.47. The zero-order chi connectivity index (χ0) is 36.2. The molecule has 8 aromatic rings. The third kappa shape index (κ3) is 5.36. The van der Waals surface area contributed by atoms with Gasteiger partial charge in [-0.05, 0) is 74.8 Å². The molecule has 10 rings (SSSR count). The maximum atomic E-state index is 7.15. The highest BCUT2D eigenvalue weighted by atomic mass is 16.5. The van der Waals surface area contributed by atoms with E-state index in [9.17, 15) is 0 Å². The average Bonchev–Trinajstić information content (AvgIpc) is 3.44. The van der Waals surface area contributed by atoms with E-state index in [4.69, 9.17) is 14.7 Å². The van der Waals surface area contributed by atoms with Crippen LogP contribution in [-0.4, -0.2) is 9.97 Å². The van der Waals surface area contributed by atoms with E-state index in [1.807, 2.05) is 24.3 Å². The molecule has 3 heteroatoms. The van der Waals surface area contributed by atoms with E-state index in [2.05, 4.69) is 172 Å². The van der Waals surface area contributed by atoms with Crippen LogP contribution < -0.4 is 4.74 Å². The Hall–Kier alpha value is -6.84. The number of nitrogens with zero attached hydrogens (tertiary/aromatic N) is 2. The van der Waals surface area contributed by atoms with Crippen LogP contribution in [0.15, 0.2) is 170 Å². The van der Waals surface area contributed by atoms with E-state index in [0.717, 1.165) is 73.0 Å². The molecule has 54 heavy (non-hydrogen) atoms. The maximum absolute atomic E-state index is 7.15. The third-order valence-corrected chi connectivity index (χ3v) is 11.0. The van der Waals surface area contributed by atoms with Crippen molar-refractivity contribution < 1.29 is 4.74 Å². The summed E-state index contributed by atoms with van der Waals surface area (Å²) in [6.45, 7) is 4.63. The van der Waals surface area contributed by atoms with Gasteiger partial charge in [0, 0.05) is 33.2 Å². The molecule has 0 fully saturated rings. The number of rotatable bonds is 3. The first-order valence-corrected chi connectivity index (χ1v) is 18.5. The molecule has 0 N–H and O–H groups in total. The van der Waals surface area contributed by atoms with Gasteiger partial charge in [0.1, 0.15) is 11.5 Å². The van der Waals surface area contributed by atoms with Crippen LogP contribution in [0, 0.1) is 0 Å². The summed E-state index contributed by atoms with van der Waals surface area (Å²) in [4.78, 5) is 10.3. The van der Waals surface area contributed by atoms with Gasteiger partial charge in [0.2, 0.25) is 0 Å². The van der Waals surface area contributed by atoms with Crippen molar-refractivity contribution >= 4 is 12.2 Å². The zero-order valence-electron chi connectivity index (χ0n) is 30.1. The first-order valence-electron chi connectivity index (χ1n) is 18.5. The monoisotopic (exact) mass is 692 g/mol. The Bertz CT molecular complexity index is 2710. The number of aromatic nitrogens is 2. The lowest BCUT2D eigenvalue weighted by molar-refractivity contribution is 0.484. The van der Waals surface area contributed by atoms with Gasteiger partial charge in [-0.15, -0.1) is 0 Å². The number of fused-ring (bicyclic) bond motifs is 9. The largest absolute Gasteiger partial charge is 0.456 e. The molecule has 0 spiro atoms. The van der Waals surface area contributed by atoms with Gasteiger partial charge in [0.25, 0.3) is 0 Å². The molecule has 3 nitrogen and oxygen atoms in total.